The highest BCUT2D eigenvalue weighted by Crippen LogP contribution is 2.41. The summed E-state index contributed by atoms with van der Waals surface area (Å²) in [4.78, 5) is 49.5. The van der Waals surface area contributed by atoms with Crippen LogP contribution in [0.5, 0.6) is 0 Å². The predicted octanol–water partition coefficient (Wildman–Crippen LogP) is 4.31. The largest absolute Gasteiger partial charge is 0.423 e. The monoisotopic (exact) mass is 496 g/mol. The number of nitrogens with one attached hydrogen (secondary N) is 1. The van der Waals surface area contributed by atoms with Gasteiger partial charge in [0.2, 0.25) is 0 Å². The molecule has 0 radical (unpaired) electrons. The lowest BCUT2D eigenvalue weighted by atomic mass is 10.1. The van der Waals surface area contributed by atoms with Gasteiger partial charge in [-0.1, -0.05) is 18.5 Å². The quantitative estimate of drug-likeness (QED) is 0.240. The average Bonchev–Trinajstić information content (AvgIpc) is 3.70. The minimum Gasteiger partial charge on any atom is -0.423 e. The number of halogens is 1. The third-order valence-corrected chi connectivity index (χ3v) is 7.74. The number of hydrogen-bond donors (Lipinski definition) is 1. The van der Waals surface area contributed by atoms with Crippen molar-refractivity contribution in [3.8, 4) is 0 Å². The molecule has 6 rings (SSSR count). The molecule has 1 N–H and O–H groups in total. The molecule has 0 spiro atoms. The first-order valence-electron chi connectivity index (χ1n) is 11.4. The second-order valence-electron chi connectivity index (χ2n) is 8.89. The number of nitrogens with zero attached hydrogens (tertiary/aromatic N) is 3. The van der Waals surface area contributed by atoms with Crippen molar-refractivity contribution in [3.63, 3.8) is 0 Å². The Hall–Kier alpha value is -2.91. The SMILES string of the molecule is CCc1cc2oc(=O)cc(CSc3nc(C4CC4)nc4c3c(=O)[nH]c(=O)n4C3CC3)c2cc1Cl. The third-order valence-electron chi connectivity index (χ3n) is 6.37. The van der Waals surface area contributed by atoms with E-state index in [1.165, 1.54) is 17.8 Å². The fourth-order valence-corrected chi connectivity index (χ4v) is 5.57. The van der Waals surface area contributed by atoms with Gasteiger partial charge in [-0.2, -0.15) is 0 Å². The zero-order valence-electron chi connectivity index (χ0n) is 18.4. The minimum atomic E-state index is -0.491. The molecule has 2 aliphatic rings. The van der Waals surface area contributed by atoms with E-state index >= 15 is 0 Å². The van der Waals surface area contributed by atoms with Crippen molar-refractivity contribution in [2.24, 2.45) is 0 Å². The summed E-state index contributed by atoms with van der Waals surface area (Å²) >= 11 is 7.79. The Morgan fingerprint density at radius 3 is 2.62 bits per heavy atom. The van der Waals surface area contributed by atoms with Crippen LogP contribution in [0.25, 0.3) is 22.0 Å². The van der Waals surface area contributed by atoms with Crippen LogP contribution in [0.4, 0.5) is 0 Å². The number of H-pyrrole nitrogens is 1. The highest BCUT2D eigenvalue weighted by Gasteiger charge is 2.32. The molecule has 2 saturated carbocycles. The number of aromatic nitrogens is 4. The van der Waals surface area contributed by atoms with Crippen molar-refractivity contribution in [1.29, 1.82) is 0 Å². The molecular weight excluding hydrogens is 476 g/mol. The second kappa shape index (κ2) is 8.09. The van der Waals surface area contributed by atoms with Crippen molar-refractivity contribution in [3.05, 3.63) is 71.4 Å². The summed E-state index contributed by atoms with van der Waals surface area (Å²) in [6.45, 7) is 1.99. The van der Waals surface area contributed by atoms with Crippen molar-refractivity contribution < 1.29 is 4.42 Å². The number of aryl methyl sites for hydroxylation is 1. The third kappa shape index (κ3) is 3.76. The van der Waals surface area contributed by atoms with E-state index in [9.17, 15) is 14.4 Å². The fraction of sp³-hybridized carbons (Fsp3) is 0.375. The molecule has 174 valence electrons. The van der Waals surface area contributed by atoms with Crippen LogP contribution >= 0.6 is 23.4 Å². The number of benzene rings is 1. The lowest BCUT2D eigenvalue weighted by molar-refractivity contribution is 0.559. The summed E-state index contributed by atoms with van der Waals surface area (Å²) in [5.41, 5.74) is 1.17. The van der Waals surface area contributed by atoms with Gasteiger partial charge in [-0.05, 0) is 55.4 Å². The normalized spacial score (nSPS) is 15.9. The van der Waals surface area contributed by atoms with Gasteiger partial charge in [-0.15, -0.1) is 11.8 Å². The maximum Gasteiger partial charge on any atom is 0.336 e. The Morgan fingerprint density at radius 1 is 1.12 bits per heavy atom. The minimum absolute atomic E-state index is 0.0595. The summed E-state index contributed by atoms with van der Waals surface area (Å²) in [6.07, 6.45) is 4.49. The molecule has 2 aliphatic carbocycles. The standard InChI is InChI=1S/C24H21ClN4O4S/c1-2-11-7-17-15(9-16(11)25)13(8-18(30)33-17)10-34-23-19-21(26-20(27-23)12-3-4-12)29(14-5-6-14)24(32)28-22(19)31/h7-9,12,14H,2-6,10H2,1H3,(H,28,31,32). The number of thioether (sulfide) groups is 1. The van der Waals surface area contributed by atoms with Gasteiger partial charge in [0.25, 0.3) is 5.56 Å². The van der Waals surface area contributed by atoms with Gasteiger partial charge in [-0.3, -0.25) is 14.3 Å². The first-order valence-corrected chi connectivity index (χ1v) is 12.7. The number of fused-ring (bicyclic) bond motifs is 2. The highest BCUT2D eigenvalue weighted by atomic mass is 35.5. The summed E-state index contributed by atoms with van der Waals surface area (Å²) in [7, 11) is 0. The molecule has 4 aromatic rings. The summed E-state index contributed by atoms with van der Waals surface area (Å²) in [6, 6.07) is 5.13. The van der Waals surface area contributed by atoms with E-state index in [2.05, 4.69) is 9.97 Å². The first-order chi connectivity index (χ1) is 16.4. The maximum absolute atomic E-state index is 12.9. The molecule has 0 atom stereocenters. The highest BCUT2D eigenvalue weighted by molar-refractivity contribution is 7.98. The number of aromatic amines is 1. The van der Waals surface area contributed by atoms with E-state index in [1.54, 1.807) is 10.6 Å². The van der Waals surface area contributed by atoms with E-state index in [0.29, 0.717) is 38.2 Å². The molecule has 0 amide bonds. The molecule has 8 nitrogen and oxygen atoms in total. The molecule has 3 heterocycles. The molecule has 0 unspecified atom stereocenters. The summed E-state index contributed by atoms with van der Waals surface area (Å²) in [5.74, 6) is 1.30. The Kier molecular flexibility index (Phi) is 5.14. The van der Waals surface area contributed by atoms with Crippen LogP contribution in [0, 0.1) is 0 Å². The van der Waals surface area contributed by atoms with Crippen LogP contribution in [0.15, 0.2) is 42.0 Å². The Bertz CT molecular complexity index is 1650. The smallest absolute Gasteiger partial charge is 0.336 e. The molecule has 34 heavy (non-hydrogen) atoms. The average molecular weight is 497 g/mol. The predicted molar refractivity (Wildman–Crippen MR) is 131 cm³/mol. The van der Waals surface area contributed by atoms with Crippen molar-refractivity contribution in [2.45, 2.75) is 61.8 Å². The number of rotatable bonds is 6. The van der Waals surface area contributed by atoms with Gasteiger partial charge < -0.3 is 4.42 Å². The van der Waals surface area contributed by atoms with E-state index in [1.807, 2.05) is 13.0 Å². The van der Waals surface area contributed by atoms with E-state index < -0.39 is 16.9 Å². The summed E-state index contributed by atoms with van der Waals surface area (Å²) in [5, 5.41) is 2.20. The lowest BCUT2D eigenvalue weighted by Gasteiger charge is -2.12. The van der Waals surface area contributed by atoms with E-state index in [0.717, 1.165) is 48.6 Å². The van der Waals surface area contributed by atoms with Gasteiger partial charge in [-0.25, -0.2) is 19.6 Å². The maximum atomic E-state index is 12.9. The van der Waals surface area contributed by atoms with Gasteiger partial charge in [0.1, 0.15) is 21.8 Å². The van der Waals surface area contributed by atoms with Gasteiger partial charge in [0.15, 0.2) is 5.65 Å². The second-order valence-corrected chi connectivity index (χ2v) is 10.3. The first kappa shape index (κ1) is 21.6. The molecule has 2 fully saturated rings. The van der Waals surface area contributed by atoms with E-state index in [4.69, 9.17) is 21.0 Å². The Labute approximate surface area is 202 Å². The van der Waals surface area contributed by atoms with Crippen molar-refractivity contribution in [2.75, 3.05) is 0 Å². The van der Waals surface area contributed by atoms with Crippen LogP contribution in [-0.4, -0.2) is 19.5 Å². The van der Waals surface area contributed by atoms with Crippen LogP contribution < -0.4 is 16.9 Å². The summed E-state index contributed by atoms with van der Waals surface area (Å²) < 4.78 is 7.02. The van der Waals surface area contributed by atoms with Crippen molar-refractivity contribution >= 4 is 45.4 Å². The van der Waals surface area contributed by atoms with Crippen LogP contribution in [0.1, 0.15) is 61.5 Å². The lowest BCUT2D eigenvalue weighted by Crippen LogP contribution is -2.31. The zero-order chi connectivity index (χ0) is 23.6. The molecule has 1 aromatic carbocycles. The molecular formula is C24H21ClN4O4S. The molecule has 3 aromatic heterocycles. The fourth-order valence-electron chi connectivity index (χ4n) is 4.26. The molecule has 0 aliphatic heterocycles. The topological polar surface area (TPSA) is 111 Å². The van der Waals surface area contributed by atoms with Gasteiger partial charge in [0.05, 0.1) is 0 Å². The molecule has 0 bridgehead atoms. The van der Waals surface area contributed by atoms with Crippen LogP contribution in [0.2, 0.25) is 5.02 Å². The van der Waals surface area contributed by atoms with Crippen molar-refractivity contribution in [1.82, 2.24) is 19.5 Å². The molecule has 10 heteroatoms. The Balaban J connectivity index is 1.48. The zero-order valence-corrected chi connectivity index (χ0v) is 20.0. The van der Waals surface area contributed by atoms with Gasteiger partial charge >= 0.3 is 11.3 Å². The van der Waals surface area contributed by atoms with Crippen LogP contribution in [0.3, 0.4) is 0 Å². The Morgan fingerprint density at radius 2 is 1.91 bits per heavy atom. The van der Waals surface area contributed by atoms with E-state index in [-0.39, 0.29) is 12.0 Å². The van der Waals surface area contributed by atoms with Gasteiger partial charge in [0, 0.05) is 34.2 Å². The van der Waals surface area contributed by atoms with Crippen LogP contribution in [-0.2, 0) is 12.2 Å². The molecule has 0 saturated heterocycles. The number of hydrogen-bond acceptors (Lipinski definition) is 7.